The van der Waals surface area contributed by atoms with Crippen LogP contribution in [-0.4, -0.2) is 16.0 Å². The van der Waals surface area contributed by atoms with Gasteiger partial charge in [-0.3, -0.25) is 4.79 Å². The van der Waals surface area contributed by atoms with E-state index in [2.05, 4.69) is 73.7 Å². The Balaban J connectivity index is 1.41. The lowest BCUT2D eigenvalue weighted by Crippen LogP contribution is -2.31. The van der Waals surface area contributed by atoms with Crippen LogP contribution in [0.25, 0.3) is 17.0 Å². The molecule has 1 aliphatic heterocycles. The summed E-state index contributed by atoms with van der Waals surface area (Å²) in [5.74, 6) is -0.0751. The molecule has 2 N–H and O–H groups in total. The second-order valence-electron chi connectivity index (χ2n) is 7.94. The third kappa shape index (κ3) is 4.83. The van der Waals surface area contributed by atoms with Crippen LogP contribution in [0.15, 0.2) is 82.3 Å². The molecule has 3 aromatic carbocycles. The van der Waals surface area contributed by atoms with E-state index in [1.807, 2.05) is 43.3 Å². The van der Waals surface area contributed by atoms with Gasteiger partial charge in [0.2, 0.25) is 0 Å². The smallest absolute Gasteiger partial charge is 0.260 e. The van der Waals surface area contributed by atoms with E-state index in [1.54, 1.807) is 0 Å². The number of hydrogen-bond donors (Lipinski definition) is 2. The largest absolute Gasteiger partial charge is 0.356 e. The molecule has 1 aliphatic rings. The van der Waals surface area contributed by atoms with Gasteiger partial charge in [-0.1, -0.05) is 69.6 Å². The van der Waals surface area contributed by atoms with E-state index < -0.39 is 0 Å². The highest BCUT2D eigenvalue weighted by Gasteiger charge is 2.27. The number of nitrogens with one attached hydrogen (secondary N) is 2. The number of fused-ring (bicyclic) bond motifs is 1. The van der Waals surface area contributed by atoms with E-state index in [-0.39, 0.29) is 11.4 Å². The molecule has 1 unspecified atom stereocenters. The Labute approximate surface area is 210 Å². The first kappa shape index (κ1) is 22.1. The summed E-state index contributed by atoms with van der Waals surface area (Å²) in [6.45, 7) is 2.75. The van der Waals surface area contributed by atoms with Crippen LogP contribution in [0.3, 0.4) is 0 Å². The fourth-order valence-corrected chi connectivity index (χ4v) is 5.40. The van der Waals surface area contributed by atoms with Gasteiger partial charge >= 0.3 is 0 Å². The van der Waals surface area contributed by atoms with Crippen molar-refractivity contribution in [2.24, 2.45) is 0 Å². The van der Waals surface area contributed by atoms with Gasteiger partial charge in [0, 0.05) is 44.4 Å². The number of amides is 1. The highest BCUT2D eigenvalue weighted by molar-refractivity contribution is 9.10. The Morgan fingerprint density at radius 1 is 1.15 bits per heavy atom. The first-order valence-corrected chi connectivity index (χ1v) is 12.6. The number of carbonyl (C=O) groups excluding carboxylic acids is 1. The molecule has 1 amide bonds. The van der Waals surface area contributed by atoms with Crippen LogP contribution in [0.4, 0.5) is 5.69 Å². The highest BCUT2D eigenvalue weighted by Crippen LogP contribution is 2.33. The van der Waals surface area contributed by atoms with Crippen molar-refractivity contribution < 1.29 is 4.79 Å². The molecule has 1 fully saturated rings. The summed E-state index contributed by atoms with van der Waals surface area (Å²) in [5, 5.41) is 8.22. The second kappa shape index (κ2) is 9.29. The van der Waals surface area contributed by atoms with E-state index in [4.69, 9.17) is 11.6 Å². The van der Waals surface area contributed by atoms with Gasteiger partial charge < -0.3 is 15.2 Å². The van der Waals surface area contributed by atoms with Crippen molar-refractivity contribution in [1.29, 1.82) is 0 Å². The van der Waals surface area contributed by atoms with Crippen molar-refractivity contribution in [3.63, 3.8) is 0 Å². The molecule has 0 radical (unpaired) electrons. The number of aryl methyl sites for hydroxylation is 1. The maximum Gasteiger partial charge on any atom is 0.260 e. The molecular formula is C26H21BrClN3OS. The minimum Gasteiger partial charge on any atom is -0.356 e. The molecule has 0 bridgehead atoms. The number of aromatic nitrogens is 1. The summed E-state index contributed by atoms with van der Waals surface area (Å²) in [4.78, 5) is 13.4. The van der Waals surface area contributed by atoms with Crippen molar-refractivity contribution in [3.8, 4) is 0 Å². The van der Waals surface area contributed by atoms with Gasteiger partial charge in [-0.2, -0.15) is 0 Å². The van der Waals surface area contributed by atoms with Crippen molar-refractivity contribution in [1.82, 2.24) is 9.88 Å². The Kier molecular flexibility index (Phi) is 6.23. The summed E-state index contributed by atoms with van der Waals surface area (Å²) in [7, 11) is 0. The Hall–Kier alpha value is -2.67. The van der Waals surface area contributed by atoms with Crippen LogP contribution in [-0.2, 0) is 11.3 Å². The number of halogens is 2. The van der Waals surface area contributed by atoms with Crippen molar-refractivity contribution in [3.05, 3.63) is 104 Å². The maximum atomic E-state index is 12.7. The number of rotatable bonds is 5. The van der Waals surface area contributed by atoms with Gasteiger partial charge in [0.15, 0.2) is 5.50 Å². The molecule has 4 nitrogen and oxygen atoms in total. The molecule has 166 valence electrons. The number of para-hydroxylation sites is 1. The summed E-state index contributed by atoms with van der Waals surface area (Å²) in [5.41, 5.74) is 5.13. The number of hydrogen-bond acceptors (Lipinski definition) is 3. The lowest BCUT2D eigenvalue weighted by molar-refractivity contribution is -0.116. The maximum absolute atomic E-state index is 12.7. The topological polar surface area (TPSA) is 46.1 Å². The van der Waals surface area contributed by atoms with Crippen LogP contribution in [0.5, 0.6) is 0 Å². The minimum absolute atomic E-state index is 0.0751. The van der Waals surface area contributed by atoms with Gasteiger partial charge in [-0.05, 0) is 60.5 Å². The third-order valence-electron chi connectivity index (χ3n) is 5.58. The molecule has 1 aromatic heterocycles. The minimum atomic E-state index is -0.236. The summed E-state index contributed by atoms with van der Waals surface area (Å²) in [6.07, 6.45) is 4.11. The van der Waals surface area contributed by atoms with E-state index in [0.29, 0.717) is 9.93 Å². The zero-order chi connectivity index (χ0) is 22.9. The average molecular weight is 539 g/mol. The van der Waals surface area contributed by atoms with E-state index in [0.717, 1.165) is 38.7 Å². The molecular weight excluding hydrogens is 518 g/mol. The summed E-state index contributed by atoms with van der Waals surface area (Å²) >= 11 is 11.0. The van der Waals surface area contributed by atoms with E-state index in [1.165, 1.54) is 17.3 Å². The number of nitrogens with zero attached hydrogens (tertiary/aromatic N) is 1. The van der Waals surface area contributed by atoms with Crippen LogP contribution in [0, 0.1) is 6.92 Å². The first-order valence-electron chi connectivity index (χ1n) is 10.5. The van der Waals surface area contributed by atoms with Crippen molar-refractivity contribution in [2.45, 2.75) is 19.0 Å². The van der Waals surface area contributed by atoms with Crippen molar-refractivity contribution in [2.75, 3.05) is 5.32 Å². The number of carbonyl (C=O) groups is 1. The van der Waals surface area contributed by atoms with Gasteiger partial charge in [0.1, 0.15) is 0 Å². The Morgan fingerprint density at radius 2 is 1.94 bits per heavy atom. The van der Waals surface area contributed by atoms with Crippen LogP contribution >= 0.6 is 39.3 Å². The van der Waals surface area contributed by atoms with E-state index in [9.17, 15) is 4.79 Å². The van der Waals surface area contributed by atoms with Gasteiger partial charge in [0.05, 0.1) is 4.91 Å². The zero-order valence-electron chi connectivity index (χ0n) is 17.8. The van der Waals surface area contributed by atoms with E-state index >= 15 is 0 Å². The van der Waals surface area contributed by atoms with Gasteiger partial charge in [-0.15, -0.1) is 0 Å². The normalized spacial score (nSPS) is 17.0. The SMILES string of the molecule is Cc1cc(Cl)ccc1NC1NC(=O)/C(=C/c2cn(Cc3ccc(Br)cc3)c3ccccc23)S1. The summed E-state index contributed by atoms with van der Waals surface area (Å²) in [6, 6.07) is 22.3. The van der Waals surface area contributed by atoms with Gasteiger partial charge in [-0.25, -0.2) is 0 Å². The second-order valence-corrected chi connectivity index (χ2v) is 10.4. The third-order valence-corrected chi connectivity index (χ3v) is 7.37. The summed E-state index contributed by atoms with van der Waals surface area (Å²) < 4.78 is 3.30. The Morgan fingerprint density at radius 3 is 2.73 bits per heavy atom. The molecule has 0 saturated carbocycles. The van der Waals surface area contributed by atoms with Crippen LogP contribution in [0.1, 0.15) is 16.7 Å². The molecule has 0 aliphatic carbocycles. The first-order chi connectivity index (χ1) is 16.0. The molecule has 1 atom stereocenters. The number of thioether (sulfide) groups is 1. The average Bonchev–Trinajstić information content (AvgIpc) is 3.32. The molecule has 1 saturated heterocycles. The molecule has 2 heterocycles. The fourth-order valence-electron chi connectivity index (χ4n) is 3.94. The standard InChI is InChI=1S/C26H21BrClN3OS/c1-16-12-20(28)10-11-22(16)29-26-30-25(32)24(33-26)13-18-15-31(23-5-3-2-4-21(18)23)14-17-6-8-19(27)9-7-17/h2-13,15,26,29H,14H2,1H3,(H,30,32)/b24-13-. The van der Waals surface area contributed by atoms with Crippen LogP contribution < -0.4 is 10.6 Å². The van der Waals surface area contributed by atoms with Crippen LogP contribution in [0.2, 0.25) is 5.02 Å². The Bertz CT molecular complexity index is 1380. The number of anilines is 1. The molecule has 7 heteroatoms. The number of benzene rings is 3. The molecule has 33 heavy (non-hydrogen) atoms. The monoisotopic (exact) mass is 537 g/mol. The quantitative estimate of drug-likeness (QED) is 0.269. The highest BCUT2D eigenvalue weighted by atomic mass is 79.9. The lowest BCUT2D eigenvalue weighted by Gasteiger charge is -2.14. The lowest BCUT2D eigenvalue weighted by atomic mass is 10.1. The molecule has 0 spiro atoms. The van der Waals surface area contributed by atoms with Gasteiger partial charge in [0.25, 0.3) is 5.91 Å². The van der Waals surface area contributed by atoms with Crippen molar-refractivity contribution >= 4 is 67.9 Å². The molecule has 5 rings (SSSR count). The molecule has 4 aromatic rings. The predicted octanol–water partition coefficient (Wildman–Crippen LogP) is 7.01. The zero-order valence-corrected chi connectivity index (χ0v) is 21.0. The fraction of sp³-hybridized carbons (Fsp3) is 0.115. The predicted molar refractivity (Wildman–Crippen MR) is 142 cm³/mol.